The largest absolute Gasteiger partial charge is 0.496 e. The van der Waals surface area contributed by atoms with Gasteiger partial charge in [0, 0.05) is 32.7 Å². The van der Waals surface area contributed by atoms with E-state index in [0.29, 0.717) is 11.3 Å². The molecule has 6 nitrogen and oxygen atoms in total. The highest BCUT2D eigenvalue weighted by Crippen LogP contribution is 2.22. The molecule has 0 spiro atoms. The molecule has 1 N–H and O–H groups in total. The minimum absolute atomic E-state index is 0.281. The van der Waals surface area contributed by atoms with Crippen molar-refractivity contribution in [3.8, 4) is 5.75 Å². The molecule has 0 aliphatic heterocycles. The number of amides is 1. The molecule has 1 heterocycles. The zero-order valence-electron chi connectivity index (χ0n) is 16.8. The molecule has 1 aromatic heterocycles. The minimum Gasteiger partial charge on any atom is -0.496 e. The third kappa shape index (κ3) is 6.14. The number of carbonyl (C=O) groups is 1. The average Bonchev–Trinajstić information content (AvgIpc) is 2.72. The van der Waals surface area contributed by atoms with E-state index in [0.717, 1.165) is 37.9 Å². The predicted octanol–water partition coefficient (Wildman–Crippen LogP) is 4.92. The Morgan fingerprint density at radius 1 is 1.13 bits per heavy atom. The van der Waals surface area contributed by atoms with E-state index in [1.807, 2.05) is 50.2 Å². The molecule has 8 heteroatoms. The molecule has 3 aromatic rings. The number of rotatable bonds is 7. The minimum atomic E-state index is -0.281. The third-order valence-electron chi connectivity index (χ3n) is 4.11. The Labute approximate surface area is 188 Å². The Hall–Kier alpha value is -2.71. The summed E-state index contributed by atoms with van der Waals surface area (Å²) in [6, 6.07) is 14.9. The van der Waals surface area contributed by atoms with Gasteiger partial charge in [-0.15, -0.1) is 0 Å². The second-order valence-electron chi connectivity index (χ2n) is 6.50. The number of thioether (sulfide) groups is 1. The Morgan fingerprint density at radius 2 is 1.83 bits per heavy atom. The van der Waals surface area contributed by atoms with Gasteiger partial charge in [-0.2, -0.15) is 5.10 Å². The molecule has 0 unspecified atom stereocenters. The molecule has 0 atom stereocenters. The quantitative estimate of drug-likeness (QED) is 0.223. The van der Waals surface area contributed by atoms with Crippen molar-refractivity contribution in [1.29, 1.82) is 0 Å². The summed E-state index contributed by atoms with van der Waals surface area (Å²) in [6.07, 6.45) is 1.55. The van der Waals surface area contributed by atoms with E-state index in [4.69, 9.17) is 4.74 Å². The number of nitrogens with zero attached hydrogens (tertiary/aromatic N) is 3. The lowest BCUT2D eigenvalue weighted by molar-refractivity contribution is 0.0955. The van der Waals surface area contributed by atoms with Crippen molar-refractivity contribution in [3.63, 3.8) is 0 Å². The third-order valence-corrected chi connectivity index (χ3v) is 5.52. The second kappa shape index (κ2) is 10.4. The van der Waals surface area contributed by atoms with Crippen LogP contribution in [0.1, 0.15) is 32.9 Å². The summed E-state index contributed by atoms with van der Waals surface area (Å²) in [5, 5.41) is 4.79. The van der Waals surface area contributed by atoms with Crippen LogP contribution in [-0.4, -0.2) is 29.2 Å². The van der Waals surface area contributed by atoms with Gasteiger partial charge in [-0.3, -0.25) is 4.79 Å². The van der Waals surface area contributed by atoms with Gasteiger partial charge in [0.05, 0.1) is 13.3 Å². The highest BCUT2D eigenvalue weighted by molar-refractivity contribution is 9.10. The molecule has 0 saturated carbocycles. The number of carbonyl (C=O) groups excluding carboxylic acids is 1. The molecule has 0 radical (unpaired) electrons. The van der Waals surface area contributed by atoms with Crippen LogP contribution in [-0.2, 0) is 5.75 Å². The molecular formula is C22H21BrN4O2S. The second-order valence-corrected chi connectivity index (χ2v) is 8.36. The molecule has 1 amide bonds. The first-order valence-electron chi connectivity index (χ1n) is 9.15. The number of hydrogen-bond acceptors (Lipinski definition) is 6. The zero-order valence-corrected chi connectivity index (χ0v) is 19.3. The van der Waals surface area contributed by atoms with E-state index in [2.05, 4.69) is 36.4 Å². The molecule has 0 fully saturated rings. The van der Waals surface area contributed by atoms with E-state index in [1.54, 1.807) is 37.2 Å². The van der Waals surface area contributed by atoms with Crippen LogP contribution in [0, 0.1) is 13.8 Å². The van der Waals surface area contributed by atoms with Crippen LogP contribution in [0.2, 0.25) is 0 Å². The fraction of sp³-hybridized carbons (Fsp3) is 0.182. The van der Waals surface area contributed by atoms with E-state index < -0.39 is 0 Å². The van der Waals surface area contributed by atoms with Gasteiger partial charge in [-0.1, -0.05) is 39.8 Å². The fourth-order valence-corrected chi connectivity index (χ4v) is 3.97. The van der Waals surface area contributed by atoms with Gasteiger partial charge in [0.1, 0.15) is 5.75 Å². The number of ether oxygens (including phenoxy) is 1. The maximum absolute atomic E-state index is 12.3. The summed E-state index contributed by atoms with van der Waals surface area (Å²) in [7, 11) is 1.59. The first-order chi connectivity index (χ1) is 14.4. The molecule has 0 aliphatic rings. The fourth-order valence-electron chi connectivity index (χ4n) is 2.69. The maximum atomic E-state index is 12.3. The van der Waals surface area contributed by atoms with Crippen LogP contribution in [0.3, 0.4) is 0 Å². The molecule has 0 saturated heterocycles. The highest BCUT2D eigenvalue weighted by atomic mass is 79.9. The normalized spacial score (nSPS) is 10.9. The number of nitrogens with one attached hydrogen (secondary N) is 1. The number of hydrazone groups is 1. The van der Waals surface area contributed by atoms with Crippen LogP contribution in [0.25, 0.3) is 0 Å². The SMILES string of the molecule is COc1ccc(Br)cc1/C=N/NC(=O)c1ccc(CSc2nc(C)cc(C)n2)cc1. The zero-order chi connectivity index (χ0) is 21.5. The molecular weight excluding hydrogens is 464 g/mol. The summed E-state index contributed by atoms with van der Waals surface area (Å²) in [5.74, 6) is 1.12. The Balaban J connectivity index is 1.58. The average molecular weight is 485 g/mol. The Morgan fingerprint density at radius 3 is 2.50 bits per heavy atom. The van der Waals surface area contributed by atoms with Gasteiger partial charge in [0.2, 0.25) is 0 Å². The first-order valence-corrected chi connectivity index (χ1v) is 10.9. The summed E-state index contributed by atoms with van der Waals surface area (Å²) in [5.41, 5.74) is 6.83. The maximum Gasteiger partial charge on any atom is 0.271 e. The lowest BCUT2D eigenvalue weighted by atomic mass is 10.1. The number of methoxy groups -OCH3 is 1. The first kappa shape index (κ1) is 22.0. The van der Waals surface area contributed by atoms with Gasteiger partial charge in [-0.05, 0) is 55.8 Å². The van der Waals surface area contributed by atoms with Crippen molar-refractivity contribution in [1.82, 2.24) is 15.4 Å². The molecule has 154 valence electrons. The standard InChI is InChI=1S/C22H21BrN4O2S/c1-14-10-15(2)26-22(25-14)30-13-16-4-6-17(7-5-16)21(28)27-24-12-18-11-19(23)8-9-20(18)29-3/h4-12H,13H2,1-3H3,(H,27,28)/b24-12+. The summed E-state index contributed by atoms with van der Waals surface area (Å²) in [6.45, 7) is 3.92. The van der Waals surface area contributed by atoms with Crippen molar-refractivity contribution in [2.24, 2.45) is 5.10 Å². The number of halogens is 1. The van der Waals surface area contributed by atoms with E-state index in [1.165, 1.54) is 0 Å². The van der Waals surface area contributed by atoms with Crippen LogP contribution < -0.4 is 10.2 Å². The molecule has 0 aliphatic carbocycles. The highest BCUT2D eigenvalue weighted by Gasteiger charge is 2.06. The molecule has 0 bridgehead atoms. The van der Waals surface area contributed by atoms with Gasteiger partial charge in [-0.25, -0.2) is 15.4 Å². The summed E-state index contributed by atoms with van der Waals surface area (Å²) < 4.78 is 6.19. The van der Waals surface area contributed by atoms with Crippen molar-refractivity contribution in [3.05, 3.63) is 81.1 Å². The lowest BCUT2D eigenvalue weighted by Crippen LogP contribution is -2.17. The number of aryl methyl sites for hydroxylation is 2. The number of benzene rings is 2. The van der Waals surface area contributed by atoms with Gasteiger partial charge in [0.15, 0.2) is 5.16 Å². The van der Waals surface area contributed by atoms with Gasteiger partial charge >= 0.3 is 0 Å². The van der Waals surface area contributed by atoms with Crippen LogP contribution in [0.15, 0.2) is 63.3 Å². The summed E-state index contributed by atoms with van der Waals surface area (Å²) in [4.78, 5) is 21.2. The van der Waals surface area contributed by atoms with E-state index in [9.17, 15) is 4.79 Å². The van der Waals surface area contributed by atoms with Crippen LogP contribution >= 0.6 is 27.7 Å². The monoisotopic (exact) mass is 484 g/mol. The van der Waals surface area contributed by atoms with Crippen molar-refractivity contribution in [2.75, 3.05) is 7.11 Å². The smallest absolute Gasteiger partial charge is 0.271 e. The lowest BCUT2D eigenvalue weighted by Gasteiger charge is -2.06. The molecule has 30 heavy (non-hydrogen) atoms. The molecule has 2 aromatic carbocycles. The predicted molar refractivity (Wildman–Crippen MR) is 123 cm³/mol. The van der Waals surface area contributed by atoms with Crippen molar-refractivity contribution >= 4 is 39.8 Å². The Bertz CT molecular complexity index is 1050. The van der Waals surface area contributed by atoms with Crippen molar-refractivity contribution < 1.29 is 9.53 Å². The van der Waals surface area contributed by atoms with E-state index >= 15 is 0 Å². The van der Waals surface area contributed by atoms with E-state index in [-0.39, 0.29) is 5.91 Å². The number of aromatic nitrogens is 2. The van der Waals surface area contributed by atoms with Crippen LogP contribution in [0.4, 0.5) is 0 Å². The topological polar surface area (TPSA) is 76.5 Å². The number of hydrogen-bond donors (Lipinski definition) is 1. The summed E-state index contributed by atoms with van der Waals surface area (Å²) >= 11 is 4.98. The van der Waals surface area contributed by atoms with Crippen molar-refractivity contribution in [2.45, 2.75) is 24.8 Å². The Kier molecular flexibility index (Phi) is 7.59. The molecule has 3 rings (SSSR count). The van der Waals surface area contributed by atoms with Gasteiger partial charge in [0.25, 0.3) is 5.91 Å². The van der Waals surface area contributed by atoms with Crippen LogP contribution in [0.5, 0.6) is 5.75 Å². The van der Waals surface area contributed by atoms with Gasteiger partial charge < -0.3 is 4.74 Å².